The maximum absolute atomic E-state index is 12.2. The number of nitrogens with one attached hydrogen (secondary N) is 2. The van der Waals surface area contributed by atoms with E-state index in [9.17, 15) is 19.2 Å². The number of hydrogen-bond acceptors (Lipinski definition) is 11. The van der Waals surface area contributed by atoms with E-state index in [2.05, 4.69) is 20.2 Å². The van der Waals surface area contributed by atoms with E-state index in [0.29, 0.717) is 55.7 Å². The summed E-state index contributed by atoms with van der Waals surface area (Å²) in [6.45, 7) is 9.24. The quantitative estimate of drug-likeness (QED) is 0.0658. The second kappa shape index (κ2) is 22.3. The van der Waals surface area contributed by atoms with Crippen LogP contribution in [0, 0.1) is 0 Å². The smallest absolute Gasteiger partial charge is 0.349 e. The third-order valence-corrected chi connectivity index (χ3v) is 10.0. The Bertz CT molecular complexity index is 2550. The first-order valence-corrected chi connectivity index (χ1v) is 21.1. The molecule has 64 heavy (non-hydrogen) atoms. The van der Waals surface area contributed by atoms with Crippen molar-refractivity contribution >= 4 is 11.9 Å². The number of nitrogens with zero attached hydrogens (tertiary/aromatic N) is 4. The van der Waals surface area contributed by atoms with E-state index in [1.54, 1.807) is 47.1 Å². The fourth-order valence-electron chi connectivity index (χ4n) is 6.48. The van der Waals surface area contributed by atoms with Crippen LogP contribution >= 0.6 is 0 Å². The molecule has 16 nitrogen and oxygen atoms in total. The maximum Gasteiger partial charge on any atom is 0.349 e. The number of aromatic nitrogens is 6. The van der Waals surface area contributed by atoms with Gasteiger partial charge in [-0.3, -0.25) is 9.97 Å². The predicted molar refractivity (Wildman–Crippen MR) is 241 cm³/mol. The monoisotopic (exact) mass is 878 g/mol. The number of carbonyl (C=O) groups is 2. The van der Waals surface area contributed by atoms with Crippen LogP contribution in [0.3, 0.4) is 0 Å². The fraction of sp³-hybridized carbons (Fsp3) is 0.375. The Kier molecular flexibility index (Phi) is 16.7. The van der Waals surface area contributed by atoms with Crippen LogP contribution in [0.5, 0.6) is 23.0 Å². The highest BCUT2D eigenvalue weighted by molar-refractivity contribution is 5.79. The molecule has 0 unspecified atom stereocenters. The highest BCUT2D eigenvalue weighted by Crippen LogP contribution is 2.22. The largest absolute Gasteiger partial charge is 0.497 e. The highest BCUT2D eigenvalue weighted by Gasteiger charge is 2.31. The summed E-state index contributed by atoms with van der Waals surface area (Å²) >= 11 is 0. The first-order chi connectivity index (χ1) is 30.6. The van der Waals surface area contributed by atoms with E-state index in [4.69, 9.17) is 28.8 Å². The molecule has 2 aromatic heterocycles. The van der Waals surface area contributed by atoms with Crippen LogP contribution in [0.4, 0.5) is 0 Å². The molecule has 0 radical (unpaired) electrons. The van der Waals surface area contributed by atoms with E-state index in [0.717, 1.165) is 59.4 Å². The molecular formula is C48H58N6O10. The number of ether oxygens (including phenoxy) is 5. The summed E-state index contributed by atoms with van der Waals surface area (Å²) in [6.07, 6.45) is 4.58. The number of H-pyrrole nitrogens is 2. The number of carboxylic acid groups (broad SMARTS) is 1. The summed E-state index contributed by atoms with van der Waals surface area (Å²) in [4.78, 5) is 53.2. The van der Waals surface area contributed by atoms with Crippen LogP contribution in [0.1, 0.15) is 81.4 Å². The maximum atomic E-state index is 12.2. The van der Waals surface area contributed by atoms with Gasteiger partial charge in [0.05, 0.1) is 33.9 Å². The van der Waals surface area contributed by atoms with Gasteiger partial charge in [-0.2, -0.15) is 10.2 Å². The second-order valence-corrected chi connectivity index (χ2v) is 16.0. The highest BCUT2D eigenvalue weighted by atomic mass is 16.6. The van der Waals surface area contributed by atoms with Crippen LogP contribution in [0.2, 0.25) is 0 Å². The first-order valence-electron chi connectivity index (χ1n) is 21.1. The van der Waals surface area contributed by atoms with Crippen molar-refractivity contribution in [3.05, 3.63) is 152 Å². The van der Waals surface area contributed by atoms with Crippen molar-refractivity contribution in [3.8, 4) is 23.0 Å². The molecule has 340 valence electrons. The minimum Gasteiger partial charge on any atom is -0.497 e. The zero-order valence-corrected chi connectivity index (χ0v) is 37.5. The molecular weight excluding hydrogens is 821 g/mol. The number of methoxy groups -OCH3 is 2. The van der Waals surface area contributed by atoms with Gasteiger partial charge in [-0.25, -0.2) is 28.5 Å². The van der Waals surface area contributed by atoms with Gasteiger partial charge >= 0.3 is 23.3 Å². The van der Waals surface area contributed by atoms with Crippen LogP contribution in [0.15, 0.2) is 107 Å². The lowest BCUT2D eigenvalue weighted by atomic mass is 10.1. The molecule has 6 aromatic rings. The van der Waals surface area contributed by atoms with Crippen LogP contribution in [0.25, 0.3) is 0 Å². The minimum absolute atomic E-state index is 0.224. The molecule has 0 bridgehead atoms. The Morgan fingerprint density at radius 1 is 0.594 bits per heavy atom. The third kappa shape index (κ3) is 14.2. The van der Waals surface area contributed by atoms with Crippen LogP contribution < -0.4 is 30.3 Å². The van der Waals surface area contributed by atoms with Crippen molar-refractivity contribution in [2.45, 2.75) is 97.4 Å². The van der Waals surface area contributed by atoms with Crippen LogP contribution in [-0.4, -0.2) is 78.6 Å². The van der Waals surface area contributed by atoms with E-state index in [1.807, 2.05) is 84.9 Å². The van der Waals surface area contributed by atoms with Gasteiger partial charge in [-0.15, -0.1) is 0 Å². The Labute approximate surface area is 372 Å². The Morgan fingerprint density at radius 2 is 1.02 bits per heavy atom. The number of aryl methyl sites for hydroxylation is 4. The molecule has 0 aliphatic rings. The Balaban J connectivity index is 0.000000241. The topological polar surface area (TPSA) is 202 Å². The number of carboxylic acids is 1. The number of benzene rings is 4. The summed E-state index contributed by atoms with van der Waals surface area (Å²) in [5.74, 6) is 2.51. The third-order valence-electron chi connectivity index (χ3n) is 10.0. The molecule has 0 aliphatic carbocycles. The molecule has 2 heterocycles. The number of rotatable bonds is 21. The van der Waals surface area contributed by atoms with Crippen molar-refractivity contribution in [1.29, 1.82) is 0 Å². The van der Waals surface area contributed by atoms with E-state index >= 15 is 0 Å². The summed E-state index contributed by atoms with van der Waals surface area (Å²) in [5, 5.41) is 18.0. The number of aliphatic carboxylic acids is 1. The van der Waals surface area contributed by atoms with Gasteiger partial charge in [0.1, 0.15) is 34.6 Å². The zero-order chi connectivity index (χ0) is 46.3. The second-order valence-electron chi connectivity index (χ2n) is 16.0. The number of aromatic amines is 2. The summed E-state index contributed by atoms with van der Waals surface area (Å²) in [6, 6.07) is 30.1. The van der Waals surface area contributed by atoms with Gasteiger partial charge in [0.2, 0.25) is 0 Å². The van der Waals surface area contributed by atoms with Crippen molar-refractivity contribution in [3.63, 3.8) is 0 Å². The average Bonchev–Trinajstić information content (AvgIpc) is 3.80. The molecule has 0 aliphatic heterocycles. The average molecular weight is 879 g/mol. The first kappa shape index (κ1) is 47.9. The van der Waals surface area contributed by atoms with Gasteiger partial charge in [0.25, 0.3) is 0 Å². The summed E-state index contributed by atoms with van der Waals surface area (Å²) < 4.78 is 29.6. The van der Waals surface area contributed by atoms with Gasteiger partial charge in [0.15, 0.2) is 11.2 Å². The molecule has 0 saturated carbocycles. The molecule has 3 N–H and O–H groups in total. The Hall–Kier alpha value is -7.10. The van der Waals surface area contributed by atoms with Gasteiger partial charge in [-0.1, -0.05) is 48.5 Å². The standard InChI is InChI=1S/C25H31N3O5.C23H27N3O5/c1-5-32-23(29)25(2,3)33-20-14-12-18(13-15-20)8-7-11-22-26-24(30)28(27-22)17-19-9-6-10-21(16-19)31-4;1-23(2,21(27)28)31-18-12-10-16(11-13-18)6-5-9-20-24-22(29)26(25-20)15-17-7-4-8-19(14-17)30-3/h6,9-10,12-16H,5,7-8,11,17H2,1-4H3,(H,26,27,30);4,7-8,10-14H,5-6,9,15H2,1-3H3,(H,27,28)(H,24,25,29). The number of hydrogen-bond donors (Lipinski definition) is 3. The zero-order valence-electron chi connectivity index (χ0n) is 37.5. The van der Waals surface area contributed by atoms with E-state index in [1.165, 1.54) is 23.2 Å². The normalized spacial score (nSPS) is 11.3. The molecule has 0 saturated heterocycles. The van der Waals surface area contributed by atoms with Crippen molar-refractivity contribution in [2.24, 2.45) is 0 Å². The Morgan fingerprint density at radius 3 is 1.41 bits per heavy atom. The summed E-state index contributed by atoms with van der Waals surface area (Å²) in [7, 11) is 3.22. The van der Waals surface area contributed by atoms with Gasteiger partial charge < -0.3 is 28.8 Å². The SMILES string of the molecule is CCOC(=O)C(C)(C)Oc1ccc(CCCc2nn(Cc3cccc(OC)c3)c(=O)[nH]2)cc1.COc1cccc(Cn2nc(CCCc3ccc(OC(C)(C)C(=O)O)cc3)[nH]c2=O)c1. The molecule has 0 atom stereocenters. The summed E-state index contributed by atoms with van der Waals surface area (Å²) in [5.41, 5.74) is 1.33. The number of esters is 1. The number of carbonyl (C=O) groups excluding carboxylic acids is 1. The molecule has 0 fully saturated rings. The van der Waals surface area contributed by atoms with Crippen molar-refractivity contribution in [2.75, 3.05) is 20.8 Å². The van der Waals surface area contributed by atoms with Gasteiger partial charge in [0, 0.05) is 12.8 Å². The lowest BCUT2D eigenvalue weighted by Crippen LogP contribution is -2.39. The van der Waals surface area contributed by atoms with Crippen molar-refractivity contribution < 1.29 is 38.4 Å². The van der Waals surface area contributed by atoms with Crippen molar-refractivity contribution in [1.82, 2.24) is 29.5 Å². The van der Waals surface area contributed by atoms with Gasteiger partial charge in [-0.05, 0) is 131 Å². The molecule has 4 aromatic carbocycles. The molecule has 0 amide bonds. The molecule has 6 rings (SSSR count). The minimum atomic E-state index is -1.28. The molecule has 0 spiro atoms. The fourth-order valence-corrected chi connectivity index (χ4v) is 6.48. The lowest BCUT2D eigenvalue weighted by molar-refractivity contribution is -0.158. The lowest BCUT2D eigenvalue weighted by Gasteiger charge is -2.24. The van der Waals surface area contributed by atoms with E-state index < -0.39 is 23.1 Å². The van der Waals surface area contributed by atoms with Crippen LogP contribution in [-0.2, 0) is 53.1 Å². The predicted octanol–water partition coefficient (Wildman–Crippen LogP) is 6.57. The van der Waals surface area contributed by atoms with E-state index in [-0.39, 0.29) is 11.4 Å². The molecule has 16 heteroatoms.